The summed E-state index contributed by atoms with van der Waals surface area (Å²) in [7, 11) is 0. The Morgan fingerprint density at radius 3 is 2.55 bits per heavy atom. The van der Waals surface area contributed by atoms with Gasteiger partial charge in [0.05, 0.1) is 6.04 Å². The Bertz CT molecular complexity index is 1050. The minimum absolute atomic E-state index is 0.00189. The first-order chi connectivity index (χ1) is 14.0. The van der Waals surface area contributed by atoms with E-state index in [0.29, 0.717) is 0 Å². The molecule has 3 aromatic rings. The number of ether oxygens (including phenoxy) is 1. The van der Waals surface area contributed by atoms with Crippen molar-refractivity contribution in [3.8, 4) is 0 Å². The maximum absolute atomic E-state index is 13.9. The molecule has 0 saturated carbocycles. The van der Waals surface area contributed by atoms with Crippen LogP contribution < -0.4 is 10.6 Å². The summed E-state index contributed by atoms with van der Waals surface area (Å²) in [5.74, 6) is -1.26. The SMILES string of the molecule is N[C@@H](Cc1ccccc1F)C(=O)N(C(=O)OCc1ccccc1)c1n[nH]c(=S)s1. The number of aromatic amines is 1. The highest BCUT2D eigenvalue weighted by atomic mass is 32.1. The number of carbonyl (C=O) groups is 2. The first-order valence-electron chi connectivity index (χ1n) is 8.55. The Kier molecular flexibility index (Phi) is 6.81. The number of aromatic nitrogens is 2. The molecule has 3 rings (SSSR count). The molecule has 1 heterocycles. The minimum atomic E-state index is -1.19. The number of anilines is 1. The van der Waals surface area contributed by atoms with Crippen LogP contribution in [0.5, 0.6) is 0 Å². The van der Waals surface area contributed by atoms with Crippen molar-refractivity contribution in [2.75, 3.05) is 4.90 Å². The van der Waals surface area contributed by atoms with Crippen LogP contribution in [0.15, 0.2) is 54.6 Å². The van der Waals surface area contributed by atoms with Crippen molar-refractivity contribution in [3.63, 3.8) is 0 Å². The average molecular weight is 433 g/mol. The minimum Gasteiger partial charge on any atom is -0.444 e. The summed E-state index contributed by atoms with van der Waals surface area (Å²) < 4.78 is 19.4. The van der Waals surface area contributed by atoms with E-state index in [4.69, 9.17) is 22.7 Å². The fourth-order valence-electron chi connectivity index (χ4n) is 2.52. The summed E-state index contributed by atoms with van der Waals surface area (Å²) in [5, 5.41) is 6.40. The molecule has 0 aliphatic rings. The second-order valence-corrected chi connectivity index (χ2v) is 7.66. The number of hydrogen-bond acceptors (Lipinski definition) is 7. The van der Waals surface area contributed by atoms with Crippen molar-refractivity contribution in [3.05, 3.63) is 75.5 Å². The second kappa shape index (κ2) is 9.50. The van der Waals surface area contributed by atoms with Crippen molar-refractivity contribution in [1.29, 1.82) is 0 Å². The average Bonchev–Trinajstić information content (AvgIpc) is 3.14. The molecule has 0 bridgehead atoms. The molecular formula is C19H17FN4O3S2. The largest absolute Gasteiger partial charge is 0.444 e. The lowest BCUT2D eigenvalue weighted by molar-refractivity contribution is -0.119. The van der Waals surface area contributed by atoms with Crippen LogP contribution in [0.4, 0.5) is 14.3 Å². The molecule has 150 valence electrons. The van der Waals surface area contributed by atoms with Crippen molar-refractivity contribution < 1.29 is 18.7 Å². The van der Waals surface area contributed by atoms with Crippen LogP contribution in [0.1, 0.15) is 11.1 Å². The topological polar surface area (TPSA) is 101 Å². The zero-order valence-corrected chi connectivity index (χ0v) is 16.7. The van der Waals surface area contributed by atoms with E-state index in [1.165, 1.54) is 18.2 Å². The molecule has 29 heavy (non-hydrogen) atoms. The quantitative estimate of drug-likeness (QED) is 0.578. The molecule has 1 aromatic heterocycles. The zero-order valence-electron chi connectivity index (χ0n) is 15.1. The molecule has 2 amide bonds. The standard InChI is InChI=1S/C19H17FN4O3S2/c20-14-9-5-4-8-13(14)10-15(21)16(25)24(17-22-23-18(28)29-17)19(26)27-11-12-6-2-1-3-7-12/h1-9,15H,10-11,21H2,(H,23,28)/t15-/m0/s1. The summed E-state index contributed by atoms with van der Waals surface area (Å²) in [6.45, 7) is -0.0399. The van der Waals surface area contributed by atoms with Crippen LogP contribution in [0, 0.1) is 9.77 Å². The number of H-pyrrole nitrogens is 1. The Labute approximate surface area is 174 Å². The van der Waals surface area contributed by atoms with Crippen LogP contribution in [-0.2, 0) is 22.6 Å². The molecule has 10 heteroatoms. The molecule has 0 unspecified atom stereocenters. The third kappa shape index (κ3) is 5.31. The third-order valence-electron chi connectivity index (χ3n) is 3.94. The summed E-state index contributed by atoms with van der Waals surface area (Å²) in [4.78, 5) is 26.3. The van der Waals surface area contributed by atoms with Gasteiger partial charge in [-0.25, -0.2) is 9.18 Å². The van der Waals surface area contributed by atoms with Gasteiger partial charge in [-0.2, -0.15) is 4.90 Å². The van der Waals surface area contributed by atoms with E-state index < -0.39 is 23.9 Å². The maximum Gasteiger partial charge on any atom is 0.423 e. The van der Waals surface area contributed by atoms with Gasteiger partial charge in [-0.15, -0.1) is 5.10 Å². The molecular weight excluding hydrogens is 415 g/mol. The van der Waals surface area contributed by atoms with Gasteiger partial charge in [0.25, 0.3) is 5.91 Å². The third-order valence-corrected chi connectivity index (χ3v) is 5.02. The Morgan fingerprint density at radius 1 is 1.21 bits per heavy atom. The number of imide groups is 1. The van der Waals surface area contributed by atoms with Gasteiger partial charge in [-0.3, -0.25) is 9.89 Å². The fraction of sp³-hybridized carbons (Fsp3) is 0.158. The van der Waals surface area contributed by atoms with E-state index in [1.807, 2.05) is 6.07 Å². The normalized spacial score (nSPS) is 11.7. The van der Waals surface area contributed by atoms with Gasteiger partial charge in [-0.1, -0.05) is 59.9 Å². The van der Waals surface area contributed by atoms with Crippen LogP contribution in [0.25, 0.3) is 0 Å². The van der Waals surface area contributed by atoms with Gasteiger partial charge < -0.3 is 10.5 Å². The van der Waals surface area contributed by atoms with Gasteiger partial charge in [-0.05, 0) is 35.8 Å². The fourth-order valence-corrected chi connectivity index (χ4v) is 3.39. The van der Waals surface area contributed by atoms with Crippen molar-refractivity contribution >= 4 is 40.7 Å². The van der Waals surface area contributed by atoms with E-state index >= 15 is 0 Å². The smallest absolute Gasteiger partial charge is 0.423 e. The summed E-state index contributed by atoms with van der Waals surface area (Å²) in [5.41, 5.74) is 7.00. The van der Waals surface area contributed by atoms with Crippen molar-refractivity contribution in [1.82, 2.24) is 10.2 Å². The summed E-state index contributed by atoms with van der Waals surface area (Å²) in [6, 6.07) is 13.8. The Morgan fingerprint density at radius 2 is 1.90 bits per heavy atom. The van der Waals surface area contributed by atoms with E-state index in [2.05, 4.69) is 10.2 Å². The molecule has 3 N–H and O–H groups in total. The molecule has 7 nitrogen and oxygen atoms in total. The maximum atomic E-state index is 13.9. The monoisotopic (exact) mass is 432 g/mol. The molecule has 1 atom stereocenters. The van der Waals surface area contributed by atoms with Gasteiger partial charge in [0.15, 0.2) is 3.95 Å². The number of benzene rings is 2. The number of amides is 2. The second-order valence-electron chi connectivity index (χ2n) is 6.01. The number of halogens is 1. The van der Waals surface area contributed by atoms with E-state index in [-0.39, 0.29) is 27.7 Å². The number of nitrogens with one attached hydrogen (secondary N) is 1. The van der Waals surface area contributed by atoms with Gasteiger partial charge in [0, 0.05) is 0 Å². The number of carbonyl (C=O) groups excluding carboxylic acids is 2. The van der Waals surface area contributed by atoms with Crippen LogP contribution in [-0.4, -0.2) is 28.2 Å². The van der Waals surface area contributed by atoms with E-state index in [0.717, 1.165) is 21.8 Å². The molecule has 0 aliphatic carbocycles. The van der Waals surface area contributed by atoms with E-state index in [9.17, 15) is 14.0 Å². The van der Waals surface area contributed by atoms with Crippen molar-refractivity contribution in [2.45, 2.75) is 19.1 Å². The molecule has 0 saturated heterocycles. The molecule has 0 spiro atoms. The lowest BCUT2D eigenvalue weighted by atomic mass is 10.1. The van der Waals surface area contributed by atoms with Gasteiger partial charge in [0.1, 0.15) is 12.4 Å². The van der Waals surface area contributed by atoms with Gasteiger partial charge in [0.2, 0.25) is 5.13 Å². The molecule has 0 aliphatic heterocycles. The lowest BCUT2D eigenvalue weighted by Crippen LogP contribution is -2.48. The highest BCUT2D eigenvalue weighted by molar-refractivity contribution is 7.73. The predicted octanol–water partition coefficient (Wildman–Crippen LogP) is 3.58. The summed E-state index contributed by atoms with van der Waals surface area (Å²) >= 11 is 5.91. The van der Waals surface area contributed by atoms with Gasteiger partial charge >= 0.3 is 6.09 Å². The lowest BCUT2D eigenvalue weighted by Gasteiger charge is -2.21. The zero-order chi connectivity index (χ0) is 20.8. The van der Waals surface area contributed by atoms with Crippen LogP contribution in [0.3, 0.4) is 0 Å². The molecule has 0 fully saturated rings. The number of rotatable bonds is 6. The van der Waals surface area contributed by atoms with Crippen LogP contribution in [0.2, 0.25) is 0 Å². The van der Waals surface area contributed by atoms with E-state index in [1.54, 1.807) is 30.3 Å². The number of nitrogens with two attached hydrogens (primary N) is 1. The first-order valence-corrected chi connectivity index (χ1v) is 9.77. The highest BCUT2D eigenvalue weighted by Gasteiger charge is 2.32. The first kappa shape index (κ1) is 20.8. The molecule has 2 aromatic carbocycles. The summed E-state index contributed by atoms with van der Waals surface area (Å²) in [6.07, 6.45) is -1.04. The Balaban J connectivity index is 1.79. The predicted molar refractivity (Wildman–Crippen MR) is 109 cm³/mol. The highest BCUT2D eigenvalue weighted by Crippen LogP contribution is 2.21. The Hall–Kier alpha value is -2.95. The number of hydrogen-bond donors (Lipinski definition) is 2. The van der Waals surface area contributed by atoms with Crippen molar-refractivity contribution in [2.24, 2.45) is 5.73 Å². The number of nitrogens with zero attached hydrogens (tertiary/aromatic N) is 2. The molecule has 0 radical (unpaired) electrons. The van der Waals surface area contributed by atoms with Crippen LogP contribution >= 0.6 is 23.6 Å².